The smallest absolute Gasteiger partial charge is 0.261 e. The molecule has 88 heavy (non-hydrogen) atoms. The zero-order chi connectivity index (χ0) is 64.3. The second-order valence-corrected chi connectivity index (χ2v) is 34.0. The molecule has 0 aliphatic carbocycles. The first-order valence-electron chi connectivity index (χ1n) is 29.2. The monoisotopic (exact) mass is 1340 g/mol. The van der Waals surface area contributed by atoms with Gasteiger partial charge in [-0.1, -0.05) is 97.1 Å². The van der Waals surface area contributed by atoms with E-state index in [4.69, 9.17) is 30.4 Å². The fourth-order valence-electron chi connectivity index (χ4n) is 12.2. The van der Waals surface area contributed by atoms with Gasteiger partial charge < -0.3 is 34.8 Å². The summed E-state index contributed by atoms with van der Waals surface area (Å²) < 4.78 is 141. The minimum absolute atomic E-state index is 0.0775. The first kappa shape index (κ1) is 70.6. The highest BCUT2D eigenvalue weighted by Crippen LogP contribution is 2.49. The highest BCUT2D eigenvalue weighted by atomic mass is 35.7. The van der Waals surface area contributed by atoms with Crippen molar-refractivity contribution in [1.29, 1.82) is 0 Å². The molecule has 488 valence electrons. The minimum Gasteiger partial charge on any atom is -0.375 e. The third kappa shape index (κ3) is 19.4. The lowest BCUT2D eigenvalue weighted by Crippen LogP contribution is -2.56. The Morgan fingerprint density at radius 1 is 0.557 bits per heavy atom. The molecular weight excluding hydrogens is 1260 g/mol. The summed E-state index contributed by atoms with van der Waals surface area (Å²) in [6.45, 7) is 6.49. The third-order valence-corrected chi connectivity index (χ3v) is 23.4. The zero-order valence-electron chi connectivity index (χ0n) is 50.6. The molecule has 2 atom stereocenters. The molecule has 0 saturated carbocycles. The Hall–Kier alpha value is -4.82. The van der Waals surface area contributed by atoms with Crippen LogP contribution in [0.4, 0.5) is 11.4 Å². The topological polar surface area (TPSA) is 301 Å². The molecule has 0 aromatic heterocycles. The van der Waals surface area contributed by atoms with Crippen molar-refractivity contribution in [2.24, 2.45) is 5.73 Å². The number of halogens is 1. The highest BCUT2D eigenvalue weighted by molar-refractivity contribution is 8.14. The Bertz CT molecular complexity index is 3560. The molecule has 4 N–H and O–H groups in total. The van der Waals surface area contributed by atoms with Crippen molar-refractivity contribution in [2.45, 2.75) is 98.0 Å². The van der Waals surface area contributed by atoms with Crippen molar-refractivity contribution in [1.82, 2.24) is 24.3 Å². The average Bonchev–Trinajstić information content (AvgIpc) is 1.88. The number of nitrogens with one attached hydrogen (secondary N) is 1. The molecular formula is C59H85ClN8O15S5. The Labute approximate surface area is 525 Å². The number of carbonyl (C=O) groups is 2. The van der Waals surface area contributed by atoms with E-state index in [2.05, 4.69) is 14.5 Å². The van der Waals surface area contributed by atoms with Gasteiger partial charge in [-0.25, -0.2) is 38.4 Å². The van der Waals surface area contributed by atoms with Crippen LogP contribution >= 0.6 is 10.7 Å². The number of anilines is 2. The molecule has 4 fully saturated rings. The van der Waals surface area contributed by atoms with Crippen LogP contribution in [0, 0.1) is 0 Å². The molecule has 0 radical (unpaired) electrons. The van der Waals surface area contributed by atoms with Crippen LogP contribution in [0.3, 0.4) is 0 Å². The van der Waals surface area contributed by atoms with Crippen LogP contribution in [0.2, 0.25) is 0 Å². The van der Waals surface area contributed by atoms with Gasteiger partial charge in [0.05, 0.1) is 67.1 Å². The number of hydrogen-bond donors (Lipinski definition) is 3. The number of rotatable bonds is 16. The van der Waals surface area contributed by atoms with Gasteiger partial charge in [0, 0.05) is 60.8 Å². The van der Waals surface area contributed by atoms with Crippen molar-refractivity contribution >= 4 is 83.1 Å². The molecule has 6 heterocycles. The van der Waals surface area contributed by atoms with Crippen molar-refractivity contribution in [3.63, 3.8) is 0 Å². The van der Waals surface area contributed by atoms with E-state index in [0.717, 1.165) is 41.0 Å². The number of fused-ring (bicyclic) bond motifs is 4. The standard InChI is InChI=1S/C29H40N4O6S2.C23H29N3O4S.C6H12ClNO2S.CH4O3S/c1-31-16-12-24(13-17-31)41(37,38)30-26(21-39-20-23-8-4-3-5-9-23)28(34)32-18-14-29(15-19-32)22-33(40(2,35)36)27-11-7-6-10-25(27)29;1-31(28,29)26-17-23(19-9-5-6-10-21(19)26)11-13-25(14-12-23)22(27)20(24)16-30-15-18-7-3-2-4-8-18;1-8-4-2-6(3-5-8)11(7,9)10;1-5(2,3)4/h3-11,24,26,30H,12-22H2,1-2H3;2-10,20H,11-17,24H2,1H3;6H,2-5H2,1H3;1H3,(H,2,3,4)/t26-;20-;;/m11../s1. The fourth-order valence-corrected chi connectivity index (χ4v) is 17.1. The number of piperidine rings is 4. The summed E-state index contributed by atoms with van der Waals surface area (Å²) in [5, 5.41) is -0.870. The largest absolute Gasteiger partial charge is 0.375 e. The van der Waals surface area contributed by atoms with Crippen LogP contribution in [0.1, 0.15) is 73.6 Å². The normalized spacial score (nSPS) is 19.9. The van der Waals surface area contributed by atoms with Crippen molar-refractivity contribution in [3.05, 3.63) is 131 Å². The van der Waals surface area contributed by atoms with Crippen LogP contribution in [0.25, 0.3) is 0 Å². The summed E-state index contributed by atoms with van der Waals surface area (Å²) in [5.74, 6) is -0.426. The fraction of sp³-hybridized carbons (Fsp3) is 0.559. The number of nitrogens with two attached hydrogens (primary N) is 1. The maximum atomic E-state index is 13.8. The summed E-state index contributed by atoms with van der Waals surface area (Å²) in [5.41, 5.74) is 10.9. The van der Waals surface area contributed by atoms with Gasteiger partial charge in [0.15, 0.2) is 0 Å². The summed E-state index contributed by atoms with van der Waals surface area (Å²) in [7, 11) is -8.35. The Morgan fingerprint density at radius 2 is 0.909 bits per heavy atom. The number of benzene rings is 4. The summed E-state index contributed by atoms with van der Waals surface area (Å²) in [4.78, 5) is 34.4. The molecule has 4 saturated heterocycles. The maximum Gasteiger partial charge on any atom is 0.261 e. The quantitative estimate of drug-likeness (QED) is 0.106. The molecule has 4 aromatic carbocycles. The van der Waals surface area contributed by atoms with E-state index < -0.39 is 66.6 Å². The number of sulfonamides is 3. The predicted molar refractivity (Wildman–Crippen MR) is 342 cm³/mol. The van der Waals surface area contributed by atoms with Crippen LogP contribution < -0.4 is 19.1 Å². The second-order valence-electron chi connectivity index (χ2n) is 23.8. The van der Waals surface area contributed by atoms with Crippen molar-refractivity contribution in [3.8, 4) is 0 Å². The number of hydrogen-bond acceptors (Lipinski definition) is 17. The van der Waals surface area contributed by atoms with E-state index in [9.17, 15) is 51.7 Å². The lowest BCUT2D eigenvalue weighted by molar-refractivity contribution is -0.136. The van der Waals surface area contributed by atoms with Crippen LogP contribution in [0.15, 0.2) is 109 Å². The lowest BCUT2D eigenvalue weighted by Gasteiger charge is -2.41. The molecule has 2 spiro atoms. The molecule has 4 aromatic rings. The molecule has 0 bridgehead atoms. The maximum absolute atomic E-state index is 13.8. The number of likely N-dealkylation sites (tertiary alicyclic amines) is 4. The van der Waals surface area contributed by atoms with Crippen molar-refractivity contribution < 1.29 is 65.7 Å². The number of amides is 2. The molecule has 6 aliphatic rings. The first-order valence-corrected chi connectivity index (χ1v) is 38.7. The summed E-state index contributed by atoms with van der Waals surface area (Å²) >= 11 is 0. The SMILES string of the molecule is CN1CCC(S(=O)(=O)Cl)CC1.CN1CCC(S(=O)(=O)N[C@H](COCc2ccccc2)C(=O)N2CCC3(CC2)CN(S(C)(=O)=O)c2ccccc23)CC1.CS(=O)(=O)N1CC2(CCN(C(=O)[C@H](N)COCc3ccccc3)CC2)c2ccccc21.CS(=O)(=O)O. The van der Waals surface area contributed by atoms with E-state index in [-0.39, 0.29) is 47.7 Å². The number of nitrogens with zero attached hydrogens (tertiary/aromatic N) is 6. The van der Waals surface area contributed by atoms with Gasteiger partial charge in [0.25, 0.3) is 10.1 Å². The van der Waals surface area contributed by atoms with Gasteiger partial charge in [-0.3, -0.25) is 22.8 Å². The number of para-hydroxylation sites is 2. The Balaban J connectivity index is 0.000000205. The average molecular weight is 1340 g/mol. The van der Waals surface area contributed by atoms with Gasteiger partial charge in [-0.2, -0.15) is 8.42 Å². The van der Waals surface area contributed by atoms with Crippen LogP contribution in [-0.4, -0.2) is 212 Å². The van der Waals surface area contributed by atoms with Gasteiger partial charge in [-0.05, 0) is 126 Å². The third-order valence-electron chi connectivity index (χ3n) is 17.1. The van der Waals surface area contributed by atoms with E-state index >= 15 is 0 Å². The van der Waals surface area contributed by atoms with Gasteiger partial charge in [0.1, 0.15) is 12.1 Å². The van der Waals surface area contributed by atoms with E-state index in [1.807, 2.05) is 123 Å². The summed E-state index contributed by atoms with van der Waals surface area (Å²) in [6.07, 6.45) is 8.13. The van der Waals surface area contributed by atoms with Gasteiger partial charge >= 0.3 is 0 Å². The van der Waals surface area contributed by atoms with Gasteiger partial charge in [-0.15, -0.1) is 0 Å². The number of carbonyl (C=O) groups excluding carboxylic acids is 2. The second kappa shape index (κ2) is 30.1. The predicted octanol–water partition coefficient (Wildman–Crippen LogP) is 3.95. The van der Waals surface area contributed by atoms with Crippen LogP contribution in [0.5, 0.6) is 0 Å². The molecule has 0 unspecified atom stereocenters. The zero-order valence-corrected chi connectivity index (χ0v) is 55.4. The number of ether oxygens (including phenoxy) is 2. The van der Waals surface area contributed by atoms with Gasteiger partial charge in [0.2, 0.25) is 50.9 Å². The molecule has 6 aliphatic heterocycles. The van der Waals surface area contributed by atoms with Crippen LogP contribution in [-0.2, 0) is 92.3 Å². The molecule has 29 heteroatoms. The Morgan fingerprint density at radius 3 is 1.30 bits per heavy atom. The minimum atomic E-state index is -3.75. The molecule has 2 amide bonds. The summed E-state index contributed by atoms with van der Waals surface area (Å²) in [6, 6.07) is 32.8. The van der Waals surface area contributed by atoms with E-state index in [1.54, 1.807) is 9.80 Å². The van der Waals surface area contributed by atoms with Crippen molar-refractivity contribution in [2.75, 3.05) is 120 Å². The first-order chi connectivity index (χ1) is 41.3. The Kier molecular flexibility index (Phi) is 24.1. The molecule has 10 rings (SSSR count). The lowest BCUT2D eigenvalue weighted by atomic mass is 9.74. The van der Waals surface area contributed by atoms with E-state index in [0.29, 0.717) is 122 Å². The highest BCUT2D eigenvalue weighted by Gasteiger charge is 2.50. The molecule has 23 nitrogen and oxygen atoms in total. The van der Waals surface area contributed by atoms with E-state index in [1.165, 1.54) is 21.1 Å².